The molecule has 0 aliphatic carbocycles. The number of nitrogens with zero attached hydrogens (tertiary/aromatic N) is 2. The van der Waals surface area contributed by atoms with E-state index in [4.69, 9.17) is 9.72 Å². The molecular weight excluding hydrogens is 382 g/mol. The van der Waals surface area contributed by atoms with Crippen LogP contribution < -0.4 is 10.2 Å². The van der Waals surface area contributed by atoms with Crippen LogP contribution in [0.5, 0.6) is 0 Å². The summed E-state index contributed by atoms with van der Waals surface area (Å²) < 4.78 is 5.82. The third kappa shape index (κ3) is 4.49. The number of anilines is 2. The Kier molecular flexibility index (Phi) is 5.65. The fraction of sp³-hybridized carbons (Fsp3) is 0.304. The fourth-order valence-electron chi connectivity index (χ4n) is 3.66. The summed E-state index contributed by atoms with van der Waals surface area (Å²) in [6.07, 6.45) is 0.400. The summed E-state index contributed by atoms with van der Waals surface area (Å²) in [6, 6.07) is 15.4. The molecule has 1 fully saturated rings. The summed E-state index contributed by atoms with van der Waals surface area (Å²) in [5, 5.41) is 6.08. The number of amides is 1. The van der Waals surface area contributed by atoms with Crippen LogP contribution in [0.15, 0.2) is 53.9 Å². The van der Waals surface area contributed by atoms with Crippen LogP contribution in [-0.4, -0.2) is 36.2 Å². The molecule has 0 radical (unpaired) electrons. The lowest BCUT2D eigenvalue weighted by atomic mass is 10.1. The molecule has 2 unspecified atom stereocenters. The lowest BCUT2D eigenvalue weighted by molar-refractivity contribution is -0.00522. The minimum Gasteiger partial charge on any atom is -0.372 e. The van der Waals surface area contributed by atoms with Gasteiger partial charge in [0.1, 0.15) is 0 Å². The van der Waals surface area contributed by atoms with E-state index in [1.165, 1.54) is 0 Å². The smallest absolute Gasteiger partial charge is 0.255 e. The largest absolute Gasteiger partial charge is 0.372 e. The van der Waals surface area contributed by atoms with Crippen molar-refractivity contribution >= 4 is 28.1 Å². The molecule has 1 N–H and O–H groups in total. The van der Waals surface area contributed by atoms with Gasteiger partial charge in [-0.05, 0) is 44.5 Å². The van der Waals surface area contributed by atoms with Gasteiger partial charge in [-0.25, -0.2) is 4.98 Å². The van der Waals surface area contributed by atoms with Crippen molar-refractivity contribution in [3.8, 4) is 11.3 Å². The number of ether oxygens (including phenoxy) is 1. The van der Waals surface area contributed by atoms with Crippen LogP contribution in [-0.2, 0) is 4.74 Å². The number of aromatic nitrogens is 1. The number of rotatable bonds is 4. The highest BCUT2D eigenvalue weighted by atomic mass is 32.1. The van der Waals surface area contributed by atoms with Gasteiger partial charge in [0.15, 0.2) is 5.13 Å². The topological polar surface area (TPSA) is 54.5 Å². The molecule has 1 aliphatic rings. The number of nitrogens with one attached hydrogen (secondary N) is 1. The molecule has 2 aromatic carbocycles. The average Bonchev–Trinajstić information content (AvgIpc) is 3.18. The second-order valence-electron chi connectivity index (χ2n) is 7.53. The molecule has 2 atom stereocenters. The predicted octanol–water partition coefficient (Wildman–Crippen LogP) is 4.98. The molecule has 29 heavy (non-hydrogen) atoms. The number of morpholine rings is 1. The van der Waals surface area contributed by atoms with E-state index < -0.39 is 0 Å². The van der Waals surface area contributed by atoms with Crippen LogP contribution in [0, 0.1) is 6.92 Å². The van der Waals surface area contributed by atoms with Gasteiger partial charge in [0.2, 0.25) is 0 Å². The first-order chi connectivity index (χ1) is 14.0. The normalized spacial score (nSPS) is 19.2. The Morgan fingerprint density at radius 2 is 1.90 bits per heavy atom. The highest BCUT2D eigenvalue weighted by molar-refractivity contribution is 7.14. The number of hydrogen-bond acceptors (Lipinski definition) is 5. The Morgan fingerprint density at radius 1 is 1.14 bits per heavy atom. The second-order valence-corrected chi connectivity index (χ2v) is 8.36. The van der Waals surface area contributed by atoms with Crippen molar-refractivity contribution < 1.29 is 9.53 Å². The van der Waals surface area contributed by atoms with E-state index in [-0.39, 0.29) is 18.1 Å². The van der Waals surface area contributed by atoms with Crippen molar-refractivity contribution in [1.29, 1.82) is 0 Å². The standard InChI is InChI=1S/C23H25N3O2S/c1-15-7-4-5-10-20(15)22(27)24-19-9-6-8-18(11-19)21-14-29-23(25-21)26-12-16(2)28-17(3)13-26/h4-11,14,16-17H,12-13H2,1-3H3,(H,24,27). The molecule has 5 nitrogen and oxygen atoms in total. The van der Waals surface area contributed by atoms with Gasteiger partial charge in [0.05, 0.1) is 17.9 Å². The van der Waals surface area contributed by atoms with Crippen LogP contribution in [0.2, 0.25) is 0 Å². The van der Waals surface area contributed by atoms with Crippen LogP contribution in [0.25, 0.3) is 11.3 Å². The third-order valence-electron chi connectivity index (χ3n) is 4.99. The molecule has 0 spiro atoms. The van der Waals surface area contributed by atoms with Gasteiger partial charge >= 0.3 is 0 Å². The number of benzene rings is 2. The third-order valence-corrected chi connectivity index (χ3v) is 5.89. The van der Waals surface area contributed by atoms with E-state index in [2.05, 4.69) is 29.4 Å². The molecule has 150 valence electrons. The first kappa shape index (κ1) is 19.6. The number of aryl methyl sites for hydroxylation is 1. The second kappa shape index (κ2) is 8.35. The Hall–Kier alpha value is -2.70. The molecule has 1 amide bonds. The lowest BCUT2D eigenvalue weighted by Gasteiger charge is -2.35. The van der Waals surface area contributed by atoms with Gasteiger partial charge in [-0.15, -0.1) is 11.3 Å². The predicted molar refractivity (Wildman–Crippen MR) is 119 cm³/mol. The average molecular weight is 408 g/mol. The zero-order valence-corrected chi connectivity index (χ0v) is 17.7. The first-order valence-corrected chi connectivity index (χ1v) is 10.7. The van der Waals surface area contributed by atoms with Crippen LogP contribution >= 0.6 is 11.3 Å². The van der Waals surface area contributed by atoms with Crippen molar-refractivity contribution in [2.45, 2.75) is 33.0 Å². The van der Waals surface area contributed by atoms with Gasteiger partial charge in [-0.3, -0.25) is 4.79 Å². The van der Waals surface area contributed by atoms with Gasteiger partial charge in [-0.2, -0.15) is 0 Å². The summed E-state index contributed by atoms with van der Waals surface area (Å²) in [7, 11) is 0. The zero-order valence-electron chi connectivity index (χ0n) is 16.9. The molecule has 4 rings (SSSR count). The van der Waals surface area contributed by atoms with Crippen molar-refractivity contribution in [3.63, 3.8) is 0 Å². The molecular formula is C23H25N3O2S. The monoisotopic (exact) mass is 407 g/mol. The van der Waals surface area contributed by atoms with Gasteiger partial charge in [0, 0.05) is 35.3 Å². The highest BCUT2D eigenvalue weighted by Crippen LogP contribution is 2.30. The van der Waals surface area contributed by atoms with Gasteiger partial charge in [0.25, 0.3) is 5.91 Å². The van der Waals surface area contributed by atoms with Crippen LogP contribution in [0.3, 0.4) is 0 Å². The Morgan fingerprint density at radius 3 is 2.66 bits per heavy atom. The van der Waals surface area contributed by atoms with E-state index in [1.807, 2.05) is 55.5 Å². The fourth-order valence-corrected chi connectivity index (χ4v) is 4.51. The molecule has 0 saturated carbocycles. The molecule has 1 aromatic heterocycles. The number of hydrogen-bond donors (Lipinski definition) is 1. The van der Waals surface area contributed by atoms with Crippen molar-refractivity contribution in [2.75, 3.05) is 23.3 Å². The van der Waals surface area contributed by atoms with E-state index in [0.29, 0.717) is 5.56 Å². The zero-order chi connectivity index (χ0) is 20.4. The Bertz CT molecular complexity index is 1010. The maximum Gasteiger partial charge on any atom is 0.255 e. The summed E-state index contributed by atoms with van der Waals surface area (Å²) >= 11 is 1.65. The summed E-state index contributed by atoms with van der Waals surface area (Å²) in [5.74, 6) is -0.101. The Balaban J connectivity index is 1.51. The van der Waals surface area contributed by atoms with E-state index in [9.17, 15) is 4.79 Å². The van der Waals surface area contributed by atoms with Crippen molar-refractivity contribution in [1.82, 2.24) is 4.98 Å². The SMILES string of the molecule is Cc1ccccc1C(=O)Nc1cccc(-c2csc(N3CC(C)OC(C)C3)n2)c1. The minimum atomic E-state index is -0.101. The lowest BCUT2D eigenvalue weighted by Crippen LogP contribution is -2.45. The molecule has 1 aliphatic heterocycles. The quantitative estimate of drug-likeness (QED) is 0.662. The van der Waals surface area contributed by atoms with Gasteiger partial charge < -0.3 is 15.0 Å². The maximum atomic E-state index is 12.6. The van der Waals surface area contributed by atoms with Crippen LogP contribution in [0.4, 0.5) is 10.8 Å². The van der Waals surface area contributed by atoms with Crippen molar-refractivity contribution in [2.24, 2.45) is 0 Å². The minimum absolute atomic E-state index is 0.101. The number of carbonyl (C=O) groups is 1. The van der Waals surface area contributed by atoms with Gasteiger partial charge in [-0.1, -0.05) is 30.3 Å². The first-order valence-electron chi connectivity index (χ1n) is 9.83. The van der Waals surface area contributed by atoms with Crippen molar-refractivity contribution in [3.05, 3.63) is 65.0 Å². The Labute approximate surface area is 175 Å². The number of thiazole rings is 1. The summed E-state index contributed by atoms with van der Waals surface area (Å²) in [6.45, 7) is 7.83. The molecule has 0 bridgehead atoms. The number of carbonyl (C=O) groups excluding carboxylic acids is 1. The molecule has 1 saturated heterocycles. The maximum absolute atomic E-state index is 12.6. The summed E-state index contributed by atoms with van der Waals surface area (Å²) in [5.41, 5.74) is 4.32. The highest BCUT2D eigenvalue weighted by Gasteiger charge is 2.24. The van der Waals surface area contributed by atoms with E-state index in [1.54, 1.807) is 11.3 Å². The molecule has 3 aromatic rings. The van der Waals surface area contributed by atoms with E-state index in [0.717, 1.165) is 40.7 Å². The van der Waals surface area contributed by atoms with E-state index >= 15 is 0 Å². The summed E-state index contributed by atoms with van der Waals surface area (Å²) in [4.78, 5) is 19.7. The molecule has 6 heteroatoms. The molecule has 2 heterocycles. The van der Waals surface area contributed by atoms with Crippen LogP contribution in [0.1, 0.15) is 29.8 Å².